The Hall–Kier alpha value is -1.56. The molecular weight excluding hydrogens is 222 g/mol. The van der Waals surface area contributed by atoms with Crippen molar-refractivity contribution in [2.75, 3.05) is 7.11 Å². The molecule has 0 radical (unpaired) electrons. The second-order valence-corrected chi connectivity index (χ2v) is 2.79. The van der Waals surface area contributed by atoms with Crippen LogP contribution in [-0.2, 0) is 0 Å². The van der Waals surface area contributed by atoms with Crippen LogP contribution in [0.15, 0.2) is 37.4 Å². The fourth-order valence-corrected chi connectivity index (χ4v) is 1.01. The molecule has 0 aliphatic heterocycles. The Morgan fingerprint density at radius 3 is 1.78 bits per heavy atom. The molecule has 0 heterocycles. The Kier molecular flexibility index (Phi) is 21.5. The molecule has 3 N–H and O–H groups in total. The summed E-state index contributed by atoms with van der Waals surface area (Å²) in [5.74, 6) is 5.83. The van der Waals surface area contributed by atoms with Gasteiger partial charge in [0.1, 0.15) is 0 Å². The summed E-state index contributed by atoms with van der Waals surface area (Å²) in [5, 5.41) is 7.00. The summed E-state index contributed by atoms with van der Waals surface area (Å²) in [6.45, 7) is 13.8. The molecule has 1 aromatic carbocycles. The number of hydrogen-bond acceptors (Lipinski definition) is 2. The largest absolute Gasteiger partial charge is 0.400 e. The molecule has 0 saturated carbocycles. The first-order chi connectivity index (χ1) is 8.74. The Bertz CT molecular complexity index is 317. The molecule has 0 spiro atoms. The van der Waals surface area contributed by atoms with Gasteiger partial charge in [0.25, 0.3) is 0 Å². The molecular formula is C16H27NO. The minimum atomic E-state index is 0.105. The van der Waals surface area contributed by atoms with Crippen molar-refractivity contribution in [3.63, 3.8) is 0 Å². The minimum absolute atomic E-state index is 0.105. The molecule has 1 unspecified atom stereocenters. The predicted octanol–water partition coefficient (Wildman–Crippen LogP) is 3.51. The van der Waals surface area contributed by atoms with Gasteiger partial charge in [-0.25, -0.2) is 0 Å². The van der Waals surface area contributed by atoms with Crippen molar-refractivity contribution < 1.29 is 5.11 Å². The van der Waals surface area contributed by atoms with Crippen molar-refractivity contribution in [2.45, 2.75) is 33.7 Å². The van der Waals surface area contributed by atoms with Crippen LogP contribution >= 0.6 is 0 Å². The van der Waals surface area contributed by atoms with Gasteiger partial charge in [-0.2, -0.15) is 0 Å². The highest BCUT2D eigenvalue weighted by Crippen LogP contribution is 2.09. The Morgan fingerprint density at radius 1 is 1.11 bits per heavy atom. The molecule has 1 aromatic rings. The van der Waals surface area contributed by atoms with E-state index in [1.165, 1.54) is 0 Å². The van der Waals surface area contributed by atoms with E-state index in [-0.39, 0.29) is 6.04 Å². The Labute approximate surface area is 113 Å². The molecule has 102 valence electrons. The van der Waals surface area contributed by atoms with Crippen molar-refractivity contribution in [3.05, 3.63) is 48.6 Å². The molecule has 0 aliphatic rings. The third-order valence-corrected chi connectivity index (χ3v) is 1.71. The van der Waals surface area contributed by atoms with Crippen molar-refractivity contribution in [3.8, 4) is 11.8 Å². The predicted molar refractivity (Wildman–Crippen MR) is 82.3 cm³/mol. The SMILES string of the molecule is C=C.CC.CC#Cc1ccc(C(C)N)cc1.CO. The van der Waals surface area contributed by atoms with Gasteiger partial charge in [-0.3, -0.25) is 0 Å². The summed E-state index contributed by atoms with van der Waals surface area (Å²) in [4.78, 5) is 0. The molecule has 0 saturated heterocycles. The molecule has 0 fully saturated rings. The molecule has 1 atom stereocenters. The molecule has 1 rings (SSSR count). The number of aliphatic hydroxyl groups excluding tert-OH is 1. The van der Waals surface area contributed by atoms with E-state index in [9.17, 15) is 0 Å². The van der Waals surface area contributed by atoms with Crippen LogP contribution in [0.2, 0.25) is 0 Å². The maximum absolute atomic E-state index is 7.00. The summed E-state index contributed by atoms with van der Waals surface area (Å²) in [7, 11) is 1.00. The zero-order chi connectivity index (χ0) is 15.0. The van der Waals surface area contributed by atoms with E-state index >= 15 is 0 Å². The van der Waals surface area contributed by atoms with E-state index in [0.717, 1.165) is 18.2 Å². The van der Waals surface area contributed by atoms with Gasteiger partial charge in [0.2, 0.25) is 0 Å². The molecule has 0 amide bonds. The summed E-state index contributed by atoms with van der Waals surface area (Å²) >= 11 is 0. The van der Waals surface area contributed by atoms with Crippen LogP contribution in [0.3, 0.4) is 0 Å². The highest BCUT2D eigenvalue weighted by molar-refractivity contribution is 5.36. The molecule has 2 nitrogen and oxygen atoms in total. The molecule has 2 heteroatoms. The Morgan fingerprint density at radius 2 is 1.50 bits per heavy atom. The second-order valence-electron chi connectivity index (χ2n) is 2.79. The lowest BCUT2D eigenvalue weighted by atomic mass is 10.1. The first-order valence-corrected chi connectivity index (χ1v) is 5.97. The van der Waals surface area contributed by atoms with Gasteiger partial charge in [-0.05, 0) is 31.5 Å². The van der Waals surface area contributed by atoms with Gasteiger partial charge in [0.05, 0.1) is 0 Å². The van der Waals surface area contributed by atoms with Crippen LogP contribution in [-0.4, -0.2) is 12.2 Å². The van der Waals surface area contributed by atoms with E-state index < -0.39 is 0 Å². The average molecular weight is 249 g/mol. The standard InChI is InChI=1S/C11H13N.C2H6.C2H4.CH4O/c1-3-4-10-5-7-11(8-6-10)9(2)12;3*1-2/h5-9H,12H2,1-2H3;1-2H3;1-2H2;2H,1H3. The van der Waals surface area contributed by atoms with Crippen molar-refractivity contribution in [1.82, 2.24) is 0 Å². The van der Waals surface area contributed by atoms with Gasteiger partial charge < -0.3 is 10.8 Å². The van der Waals surface area contributed by atoms with E-state index in [1.807, 2.05) is 52.0 Å². The van der Waals surface area contributed by atoms with E-state index in [0.29, 0.717) is 0 Å². The lowest BCUT2D eigenvalue weighted by Gasteiger charge is -2.03. The molecule has 0 aromatic heterocycles. The van der Waals surface area contributed by atoms with Gasteiger partial charge in [0, 0.05) is 18.7 Å². The first-order valence-electron chi connectivity index (χ1n) is 5.97. The second kappa shape index (κ2) is 17.8. The molecule has 18 heavy (non-hydrogen) atoms. The van der Waals surface area contributed by atoms with Gasteiger partial charge in [-0.15, -0.1) is 19.1 Å². The number of rotatable bonds is 1. The van der Waals surface area contributed by atoms with Crippen LogP contribution in [0.5, 0.6) is 0 Å². The van der Waals surface area contributed by atoms with Gasteiger partial charge in [-0.1, -0.05) is 31.9 Å². The van der Waals surface area contributed by atoms with Crippen LogP contribution in [0.4, 0.5) is 0 Å². The highest BCUT2D eigenvalue weighted by atomic mass is 16.2. The van der Waals surface area contributed by atoms with Crippen molar-refractivity contribution >= 4 is 0 Å². The van der Waals surface area contributed by atoms with Crippen LogP contribution in [0.1, 0.15) is 44.9 Å². The lowest BCUT2D eigenvalue weighted by Crippen LogP contribution is -2.04. The molecule has 0 aliphatic carbocycles. The third kappa shape index (κ3) is 10.9. The summed E-state index contributed by atoms with van der Waals surface area (Å²) in [6, 6.07) is 8.13. The fraction of sp³-hybridized carbons (Fsp3) is 0.375. The van der Waals surface area contributed by atoms with Crippen LogP contribution in [0.25, 0.3) is 0 Å². The smallest absolute Gasteiger partial charge is 0.0319 e. The topological polar surface area (TPSA) is 46.2 Å². The monoisotopic (exact) mass is 249 g/mol. The van der Waals surface area contributed by atoms with Crippen LogP contribution < -0.4 is 5.73 Å². The van der Waals surface area contributed by atoms with E-state index in [2.05, 4.69) is 25.0 Å². The number of hydrogen-bond donors (Lipinski definition) is 2. The van der Waals surface area contributed by atoms with E-state index in [4.69, 9.17) is 10.8 Å². The normalized spacial score (nSPS) is 8.61. The highest BCUT2D eigenvalue weighted by Gasteiger charge is 1.96. The number of benzene rings is 1. The summed E-state index contributed by atoms with van der Waals surface area (Å²) < 4.78 is 0. The fourth-order valence-electron chi connectivity index (χ4n) is 1.01. The first kappa shape index (κ1) is 21.7. The number of nitrogens with two attached hydrogens (primary N) is 1. The van der Waals surface area contributed by atoms with Crippen molar-refractivity contribution in [2.24, 2.45) is 5.73 Å². The minimum Gasteiger partial charge on any atom is -0.400 e. The maximum atomic E-state index is 7.00. The van der Waals surface area contributed by atoms with E-state index in [1.54, 1.807) is 0 Å². The zero-order valence-electron chi connectivity index (χ0n) is 12.3. The maximum Gasteiger partial charge on any atom is 0.0319 e. The summed E-state index contributed by atoms with van der Waals surface area (Å²) in [6.07, 6.45) is 0. The van der Waals surface area contributed by atoms with Crippen molar-refractivity contribution in [1.29, 1.82) is 0 Å². The van der Waals surface area contributed by atoms with Gasteiger partial charge in [0.15, 0.2) is 0 Å². The summed E-state index contributed by atoms with van der Waals surface area (Å²) in [5.41, 5.74) is 7.89. The lowest BCUT2D eigenvalue weighted by molar-refractivity contribution is 0.399. The Balaban J connectivity index is -0.000000328. The zero-order valence-corrected chi connectivity index (χ0v) is 12.3. The van der Waals surface area contributed by atoms with Gasteiger partial charge >= 0.3 is 0 Å². The third-order valence-electron chi connectivity index (χ3n) is 1.71. The molecule has 0 bridgehead atoms. The number of aliphatic hydroxyl groups is 1. The quantitative estimate of drug-likeness (QED) is 0.591. The van der Waals surface area contributed by atoms with Crippen LogP contribution in [0, 0.1) is 11.8 Å². The average Bonchev–Trinajstić information content (AvgIpc) is 2.46.